The molecule has 1 fully saturated rings. The van der Waals surface area contributed by atoms with E-state index in [1.54, 1.807) is 26.0 Å². The smallest absolute Gasteiger partial charge is 0.253 e. The molecular weight excluding hydrogens is 491 g/mol. The molecule has 6 nitrogen and oxygen atoms in total. The summed E-state index contributed by atoms with van der Waals surface area (Å²) < 4.78 is 6.03. The minimum absolute atomic E-state index is 0. The number of carbonyl (C=O) groups excluding carboxylic acids is 1. The number of ether oxygens (including phenoxy) is 1. The number of aliphatic imine (C=N–C) groups is 1. The van der Waals surface area contributed by atoms with Crippen LogP contribution >= 0.6 is 24.0 Å². The summed E-state index contributed by atoms with van der Waals surface area (Å²) in [6.07, 6.45) is 0.0415. The molecule has 30 heavy (non-hydrogen) atoms. The Morgan fingerprint density at radius 1 is 1.20 bits per heavy atom. The lowest BCUT2D eigenvalue weighted by Crippen LogP contribution is -2.48. The van der Waals surface area contributed by atoms with Gasteiger partial charge in [0.15, 0.2) is 5.96 Å². The molecule has 1 aliphatic heterocycles. The number of benzene rings is 2. The van der Waals surface area contributed by atoms with Crippen molar-refractivity contribution in [1.82, 2.24) is 15.1 Å². The van der Waals surface area contributed by atoms with Gasteiger partial charge in [0.2, 0.25) is 0 Å². The van der Waals surface area contributed by atoms with Crippen LogP contribution in [0.1, 0.15) is 33.2 Å². The van der Waals surface area contributed by atoms with Crippen molar-refractivity contribution in [3.8, 4) is 0 Å². The van der Waals surface area contributed by atoms with Crippen molar-refractivity contribution in [1.29, 1.82) is 0 Å². The molecule has 3 rings (SSSR count). The lowest BCUT2D eigenvalue weighted by molar-refractivity contribution is -0.00833. The number of aryl methyl sites for hydroxylation is 1. The highest BCUT2D eigenvalue weighted by Gasteiger charge is 2.25. The third-order valence-corrected chi connectivity index (χ3v) is 5.17. The summed E-state index contributed by atoms with van der Waals surface area (Å²) in [6, 6.07) is 16.1. The molecule has 0 saturated carbocycles. The van der Waals surface area contributed by atoms with Crippen LogP contribution in [0.4, 0.5) is 0 Å². The molecule has 1 heterocycles. The Hall–Kier alpha value is -2.13. The molecule has 2 aromatic rings. The van der Waals surface area contributed by atoms with Crippen LogP contribution in [-0.4, -0.2) is 62.5 Å². The first-order chi connectivity index (χ1) is 14.0. The Balaban J connectivity index is 0.00000320. The minimum atomic E-state index is 0. The minimum Gasteiger partial charge on any atom is -0.370 e. The summed E-state index contributed by atoms with van der Waals surface area (Å²) in [7, 11) is 5.32. The van der Waals surface area contributed by atoms with E-state index in [9.17, 15) is 4.79 Å². The van der Waals surface area contributed by atoms with Gasteiger partial charge in [-0.3, -0.25) is 9.79 Å². The van der Waals surface area contributed by atoms with Crippen molar-refractivity contribution in [3.05, 3.63) is 70.8 Å². The van der Waals surface area contributed by atoms with E-state index in [1.807, 2.05) is 24.3 Å². The van der Waals surface area contributed by atoms with E-state index in [-0.39, 0.29) is 36.0 Å². The molecular formula is C23H31IN4O2. The van der Waals surface area contributed by atoms with E-state index in [1.165, 1.54) is 11.1 Å². The highest BCUT2D eigenvalue weighted by Crippen LogP contribution is 2.25. The molecule has 162 valence electrons. The number of nitrogens with one attached hydrogen (secondary N) is 1. The Morgan fingerprint density at radius 3 is 2.53 bits per heavy atom. The van der Waals surface area contributed by atoms with Gasteiger partial charge >= 0.3 is 0 Å². The van der Waals surface area contributed by atoms with Gasteiger partial charge < -0.3 is 19.9 Å². The molecule has 0 bridgehead atoms. The third-order valence-electron chi connectivity index (χ3n) is 5.17. The first kappa shape index (κ1) is 24.1. The van der Waals surface area contributed by atoms with Crippen LogP contribution in [0, 0.1) is 6.92 Å². The maximum absolute atomic E-state index is 12.0. The maximum Gasteiger partial charge on any atom is 0.253 e. The monoisotopic (exact) mass is 522 g/mol. The van der Waals surface area contributed by atoms with Crippen LogP contribution in [-0.2, 0) is 11.3 Å². The van der Waals surface area contributed by atoms with Gasteiger partial charge in [-0.15, -0.1) is 24.0 Å². The van der Waals surface area contributed by atoms with Crippen LogP contribution in [0.25, 0.3) is 0 Å². The average molecular weight is 522 g/mol. The van der Waals surface area contributed by atoms with Crippen molar-refractivity contribution in [2.24, 2.45) is 4.99 Å². The number of hydrogen-bond acceptors (Lipinski definition) is 3. The molecule has 0 aliphatic carbocycles. The van der Waals surface area contributed by atoms with E-state index in [4.69, 9.17) is 4.74 Å². The first-order valence-corrected chi connectivity index (χ1v) is 9.93. The number of hydrogen-bond donors (Lipinski definition) is 1. The molecule has 1 saturated heterocycles. The highest BCUT2D eigenvalue weighted by atomic mass is 127. The van der Waals surface area contributed by atoms with Gasteiger partial charge in [0.05, 0.1) is 13.2 Å². The lowest BCUT2D eigenvalue weighted by Gasteiger charge is -2.35. The second-order valence-electron chi connectivity index (χ2n) is 7.46. The van der Waals surface area contributed by atoms with Crippen LogP contribution in [0.5, 0.6) is 0 Å². The summed E-state index contributed by atoms with van der Waals surface area (Å²) in [5, 5.41) is 3.44. The summed E-state index contributed by atoms with van der Waals surface area (Å²) in [5.41, 5.74) is 4.27. The summed E-state index contributed by atoms with van der Waals surface area (Å²) >= 11 is 0. The van der Waals surface area contributed by atoms with Crippen molar-refractivity contribution in [2.45, 2.75) is 19.6 Å². The standard InChI is InChI=1S/C23H30N4O2.HI/c1-17-7-5-6-8-20(17)21-16-27(13-14-29-21)23(24-2)25-15-18-9-11-19(12-10-18)22(28)26(3)4;/h5-12,21H,13-16H2,1-4H3,(H,24,25);1H. The zero-order valence-corrected chi connectivity index (χ0v) is 20.4. The molecule has 2 aromatic carbocycles. The second-order valence-corrected chi connectivity index (χ2v) is 7.46. The largest absolute Gasteiger partial charge is 0.370 e. The third kappa shape index (κ3) is 5.95. The summed E-state index contributed by atoms with van der Waals surface area (Å²) in [4.78, 5) is 20.3. The fourth-order valence-electron chi connectivity index (χ4n) is 3.51. The van der Waals surface area contributed by atoms with Crippen molar-refractivity contribution < 1.29 is 9.53 Å². The number of nitrogens with zero attached hydrogens (tertiary/aromatic N) is 3. The van der Waals surface area contributed by atoms with E-state index < -0.39 is 0 Å². The fourth-order valence-corrected chi connectivity index (χ4v) is 3.51. The number of halogens is 1. The van der Waals surface area contributed by atoms with Gasteiger partial charge in [0, 0.05) is 39.8 Å². The number of morpholine rings is 1. The number of guanidine groups is 1. The van der Waals surface area contributed by atoms with E-state index >= 15 is 0 Å². The van der Waals surface area contributed by atoms with E-state index in [2.05, 4.69) is 46.4 Å². The summed E-state index contributed by atoms with van der Waals surface area (Å²) in [6.45, 7) is 5.01. The SMILES string of the molecule is CN=C(NCc1ccc(C(=O)N(C)C)cc1)N1CCOC(c2ccccc2C)C1.I. The number of carbonyl (C=O) groups is 1. The van der Waals surface area contributed by atoms with Gasteiger partial charge in [-0.1, -0.05) is 36.4 Å². The van der Waals surface area contributed by atoms with Crippen molar-refractivity contribution in [2.75, 3.05) is 40.8 Å². The molecule has 1 unspecified atom stereocenters. The van der Waals surface area contributed by atoms with Gasteiger partial charge in [-0.25, -0.2) is 0 Å². The fraction of sp³-hybridized carbons (Fsp3) is 0.391. The average Bonchev–Trinajstić information content (AvgIpc) is 2.74. The number of amides is 1. The van der Waals surface area contributed by atoms with Crippen LogP contribution in [0.2, 0.25) is 0 Å². The summed E-state index contributed by atoms with van der Waals surface area (Å²) in [5.74, 6) is 0.871. The highest BCUT2D eigenvalue weighted by molar-refractivity contribution is 14.0. The van der Waals surface area contributed by atoms with Crippen LogP contribution in [0.3, 0.4) is 0 Å². The van der Waals surface area contributed by atoms with Gasteiger partial charge in [-0.2, -0.15) is 0 Å². The normalized spacial score (nSPS) is 16.6. The van der Waals surface area contributed by atoms with Crippen LogP contribution < -0.4 is 5.32 Å². The van der Waals surface area contributed by atoms with Gasteiger partial charge in [0.1, 0.15) is 6.10 Å². The zero-order chi connectivity index (χ0) is 20.8. The maximum atomic E-state index is 12.0. The van der Waals surface area contributed by atoms with E-state index in [0.717, 1.165) is 24.6 Å². The predicted molar refractivity (Wildman–Crippen MR) is 132 cm³/mol. The lowest BCUT2D eigenvalue weighted by atomic mass is 10.0. The topological polar surface area (TPSA) is 57.2 Å². The Bertz CT molecular complexity index is 868. The van der Waals surface area contributed by atoms with Crippen LogP contribution in [0.15, 0.2) is 53.5 Å². The second kappa shape index (κ2) is 11.3. The molecule has 1 N–H and O–H groups in total. The molecule has 0 radical (unpaired) electrons. The van der Waals surface area contributed by atoms with Gasteiger partial charge in [0.25, 0.3) is 5.91 Å². The predicted octanol–water partition coefficient (Wildman–Crippen LogP) is 3.46. The Morgan fingerprint density at radius 2 is 1.90 bits per heavy atom. The molecule has 1 amide bonds. The number of rotatable bonds is 4. The molecule has 1 atom stereocenters. The van der Waals surface area contributed by atoms with Gasteiger partial charge in [-0.05, 0) is 35.7 Å². The Kier molecular flexibility index (Phi) is 9.10. The quantitative estimate of drug-likeness (QED) is 0.380. The zero-order valence-electron chi connectivity index (χ0n) is 18.1. The van der Waals surface area contributed by atoms with Crippen molar-refractivity contribution >= 4 is 35.8 Å². The van der Waals surface area contributed by atoms with Crippen molar-refractivity contribution in [3.63, 3.8) is 0 Å². The molecule has 1 aliphatic rings. The first-order valence-electron chi connectivity index (χ1n) is 9.93. The van der Waals surface area contributed by atoms with E-state index in [0.29, 0.717) is 18.7 Å². The Labute approximate surface area is 196 Å². The molecule has 0 aromatic heterocycles. The molecule has 7 heteroatoms. The molecule has 0 spiro atoms.